The summed E-state index contributed by atoms with van der Waals surface area (Å²) in [5.74, 6) is 0.222. The van der Waals surface area contributed by atoms with Gasteiger partial charge in [-0.2, -0.15) is 0 Å². The van der Waals surface area contributed by atoms with Gasteiger partial charge in [-0.1, -0.05) is 17.7 Å². The van der Waals surface area contributed by atoms with Gasteiger partial charge in [-0.3, -0.25) is 9.59 Å². The molecule has 0 bridgehead atoms. The number of thiophene rings is 1. The summed E-state index contributed by atoms with van der Waals surface area (Å²) in [6.45, 7) is 0. The Kier molecular flexibility index (Phi) is 6.18. The number of hydrogen-bond donors (Lipinski definition) is 2. The first-order chi connectivity index (χ1) is 13.5. The van der Waals surface area contributed by atoms with Crippen molar-refractivity contribution in [1.29, 1.82) is 0 Å². The van der Waals surface area contributed by atoms with Crippen LogP contribution < -0.4 is 20.1 Å². The zero-order valence-corrected chi connectivity index (χ0v) is 16.7. The maximum absolute atomic E-state index is 12.6. The van der Waals surface area contributed by atoms with Crippen LogP contribution in [-0.2, 0) is 0 Å². The van der Waals surface area contributed by atoms with Crippen molar-refractivity contribution in [3.8, 4) is 11.5 Å². The molecule has 0 saturated heterocycles. The molecular weight excluding hydrogens is 400 g/mol. The molecule has 0 saturated carbocycles. The molecule has 2 amide bonds. The second-order valence-electron chi connectivity index (χ2n) is 5.65. The van der Waals surface area contributed by atoms with Gasteiger partial charge in [0.2, 0.25) is 0 Å². The normalized spacial score (nSPS) is 10.2. The van der Waals surface area contributed by atoms with Crippen molar-refractivity contribution in [2.75, 3.05) is 24.9 Å². The van der Waals surface area contributed by atoms with Gasteiger partial charge in [-0.05, 0) is 41.8 Å². The summed E-state index contributed by atoms with van der Waals surface area (Å²) in [6.07, 6.45) is 0. The lowest BCUT2D eigenvalue weighted by atomic mass is 10.1. The molecular formula is C20H17ClN2O4S. The van der Waals surface area contributed by atoms with Crippen molar-refractivity contribution < 1.29 is 19.1 Å². The van der Waals surface area contributed by atoms with Crippen molar-refractivity contribution in [2.24, 2.45) is 0 Å². The molecule has 0 aliphatic rings. The minimum atomic E-state index is -0.378. The third-order valence-corrected chi connectivity index (χ3v) is 4.96. The second-order valence-corrected chi connectivity index (χ2v) is 7.03. The topological polar surface area (TPSA) is 76.7 Å². The van der Waals surface area contributed by atoms with Crippen molar-refractivity contribution in [1.82, 2.24) is 0 Å². The van der Waals surface area contributed by atoms with Gasteiger partial charge in [0, 0.05) is 16.8 Å². The first kappa shape index (κ1) is 19.7. The molecule has 144 valence electrons. The molecule has 1 heterocycles. The quantitative estimate of drug-likeness (QED) is 0.597. The third-order valence-electron chi connectivity index (χ3n) is 3.86. The van der Waals surface area contributed by atoms with Crippen molar-refractivity contribution in [3.63, 3.8) is 0 Å². The minimum absolute atomic E-state index is 0.228. The summed E-state index contributed by atoms with van der Waals surface area (Å²) in [5, 5.41) is 7.83. The maximum Gasteiger partial charge on any atom is 0.265 e. The lowest BCUT2D eigenvalue weighted by Crippen LogP contribution is -2.14. The van der Waals surface area contributed by atoms with Crippen LogP contribution in [0.25, 0.3) is 0 Å². The van der Waals surface area contributed by atoms with E-state index in [9.17, 15) is 9.59 Å². The molecule has 2 aromatic carbocycles. The van der Waals surface area contributed by atoms with Crippen LogP contribution in [-0.4, -0.2) is 26.0 Å². The molecule has 8 heteroatoms. The summed E-state index contributed by atoms with van der Waals surface area (Å²) < 4.78 is 10.6. The highest BCUT2D eigenvalue weighted by Crippen LogP contribution is 2.30. The minimum Gasteiger partial charge on any atom is -0.496 e. The van der Waals surface area contributed by atoms with Crippen LogP contribution in [0.4, 0.5) is 11.4 Å². The number of rotatable bonds is 6. The Hall–Kier alpha value is -3.03. The van der Waals surface area contributed by atoms with E-state index >= 15 is 0 Å². The van der Waals surface area contributed by atoms with Gasteiger partial charge in [0.15, 0.2) is 0 Å². The number of amides is 2. The van der Waals surface area contributed by atoms with E-state index in [1.54, 1.807) is 42.5 Å². The number of hydrogen-bond acceptors (Lipinski definition) is 5. The molecule has 0 unspecified atom stereocenters. The zero-order chi connectivity index (χ0) is 20.1. The number of benzene rings is 2. The molecule has 1 aromatic heterocycles. The Morgan fingerprint density at radius 1 is 0.929 bits per heavy atom. The number of ether oxygens (including phenoxy) is 2. The van der Waals surface area contributed by atoms with E-state index in [1.165, 1.54) is 31.6 Å². The van der Waals surface area contributed by atoms with Gasteiger partial charge in [0.25, 0.3) is 11.8 Å². The summed E-state index contributed by atoms with van der Waals surface area (Å²) in [5.41, 5.74) is 1.31. The molecule has 28 heavy (non-hydrogen) atoms. The summed E-state index contributed by atoms with van der Waals surface area (Å²) >= 11 is 7.33. The average molecular weight is 417 g/mol. The fourth-order valence-corrected chi connectivity index (χ4v) is 3.31. The highest BCUT2D eigenvalue weighted by molar-refractivity contribution is 7.12. The monoisotopic (exact) mass is 416 g/mol. The molecule has 0 spiro atoms. The summed E-state index contributed by atoms with van der Waals surface area (Å²) in [7, 11) is 2.97. The van der Waals surface area contributed by atoms with Crippen LogP contribution in [0.2, 0.25) is 5.02 Å². The highest BCUT2D eigenvalue weighted by Gasteiger charge is 2.15. The van der Waals surface area contributed by atoms with Crippen molar-refractivity contribution in [2.45, 2.75) is 0 Å². The Balaban J connectivity index is 1.79. The predicted octanol–water partition coefficient (Wildman–Crippen LogP) is 4.92. The molecule has 3 aromatic rings. The van der Waals surface area contributed by atoms with Crippen LogP contribution in [0.15, 0.2) is 53.9 Å². The highest BCUT2D eigenvalue weighted by atomic mass is 35.5. The number of halogens is 1. The molecule has 2 N–H and O–H groups in total. The third kappa shape index (κ3) is 4.44. The number of anilines is 2. The molecule has 0 radical (unpaired) electrons. The lowest BCUT2D eigenvalue weighted by molar-refractivity contribution is 0.101. The average Bonchev–Trinajstić information content (AvgIpc) is 3.24. The van der Waals surface area contributed by atoms with Crippen LogP contribution in [0.3, 0.4) is 0 Å². The van der Waals surface area contributed by atoms with Crippen LogP contribution >= 0.6 is 22.9 Å². The number of methoxy groups -OCH3 is 2. The van der Waals surface area contributed by atoms with E-state index in [-0.39, 0.29) is 11.8 Å². The van der Waals surface area contributed by atoms with E-state index in [4.69, 9.17) is 21.1 Å². The zero-order valence-electron chi connectivity index (χ0n) is 15.1. The Bertz CT molecular complexity index is 1010. The number of nitrogens with one attached hydrogen (secondary N) is 2. The van der Waals surface area contributed by atoms with E-state index in [0.29, 0.717) is 38.3 Å². The van der Waals surface area contributed by atoms with Gasteiger partial charge < -0.3 is 20.1 Å². The molecule has 0 atom stereocenters. The SMILES string of the molecule is COc1cc(NC(=O)c2cc(Cl)ccc2OC)ccc1NC(=O)c1cccs1. The van der Waals surface area contributed by atoms with Crippen LogP contribution in [0, 0.1) is 0 Å². The predicted molar refractivity (Wildman–Crippen MR) is 111 cm³/mol. The van der Waals surface area contributed by atoms with Gasteiger partial charge in [-0.25, -0.2) is 0 Å². The Labute approximate surface area is 171 Å². The van der Waals surface area contributed by atoms with Gasteiger partial charge in [0.1, 0.15) is 11.5 Å². The fourth-order valence-electron chi connectivity index (χ4n) is 2.52. The molecule has 3 rings (SSSR count). The molecule has 0 fully saturated rings. The Morgan fingerprint density at radius 3 is 2.39 bits per heavy atom. The first-order valence-electron chi connectivity index (χ1n) is 8.19. The van der Waals surface area contributed by atoms with E-state index in [2.05, 4.69) is 10.6 Å². The summed E-state index contributed by atoms with van der Waals surface area (Å²) in [6, 6.07) is 13.3. The largest absolute Gasteiger partial charge is 0.496 e. The lowest BCUT2D eigenvalue weighted by Gasteiger charge is -2.13. The smallest absolute Gasteiger partial charge is 0.265 e. The standard InChI is InChI=1S/C20H17ClN2O4S/c1-26-16-8-5-12(21)10-14(16)19(24)22-13-6-7-15(17(11-13)27-2)23-20(25)18-4-3-9-28-18/h3-11H,1-2H3,(H,22,24)(H,23,25). The number of carbonyl (C=O) groups is 2. The molecule has 0 aliphatic heterocycles. The first-order valence-corrected chi connectivity index (χ1v) is 9.45. The van der Waals surface area contributed by atoms with Crippen molar-refractivity contribution >= 4 is 46.1 Å². The van der Waals surface area contributed by atoms with Crippen LogP contribution in [0.1, 0.15) is 20.0 Å². The van der Waals surface area contributed by atoms with E-state index in [1.807, 2.05) is 5.38 Å². The Morgan fingerprint density at radius 2 is 1.71 bits per heavy atom. The number of carbonyl (C=O) groups excluding carboxylic acids is 2. The van der Waals surface area contributed by atoms with E-state index in [0.717, 1.165) is 0 Å². The fraction of sp³-hybridized carbons (Fsp3) is 0.100. The van der Waals surface area contributed by atoms with Crippen molar-refractivity contribution in [3.05, 3.63) is 69.4 Å². The molecule has 6 nitrogen and oxygen atoms in total. The van der Waals surface area contributed by atoms with E-state index < -0.39 is 0 Å². The van der Waals surface area contributed by atoms with Crippen LogP contribution in [0.5, 0.6) is 11.5 Å². The second kappa shape index (κ2) is 8.77. The van der Waals surface area contributed by atoms with Gasteiger partial charge in [0.05, 0.1) is 30.3 Å². The van der Waals surface area contributed by atoms with Gasteiger partial charge in [-0.15, -0.1) is 11.3 Å². The summed E-state index contributed by atoms with van der Waals surface area (Å²) in [4.78, 5) is 25.4. The van der Waals surface area contributed by atoms with Gasteiger partial charge >= 0.3 is 0 Å². The maximum atomic E-state index is 12.6. The molecule has 0 aliphatic carbocycles.